The molecule has 3 heterocycles. The lowest BCUT2D eigenvalue weighted by Gasteiger charge is -2.34. The van der Waals surface area contributed by atoms with Crippen molar-refractivity contribution >= 4 is 11.6 Å². The molecule has 1 amide bonds. The Morgan fingerprint density at radius 3 is 2.60 bits per heavy atom. The molecule has 3 rings (SSSR count). The SMILES string of the molecule is O=C(Nc1ccc(C(F)(F)F)[nH]c1=O)C1(n2cnnn2)CCOCC1. The van der Waals surface area contributed by atoms with Crippen molar-refractivity contribution in [3.8, 4) is 0 Å². The molecule has 134 valence electrons. The van der Waals surface area contributed by atoms with E-state index in [4.69, 9.17) is 4.74 Å². The van der Waals surface area contributed by atoms with E-state index in [-0.39, 0.29) is 31.7 Å². The summed E-state index contributed by atoms with van der Waals surface area (Å²) in [4.78, 5) is 26.3. The van der Waals surface area contributed by atoms with Gasteiger partial charge in [-0.25, -0.2) is 4.68 Å². The van der Waals surface area contributed by atoms with E-state index in [9.17, 15) is 22.8 Å². The monoisotopic (exact) mass is 358 g/mol. The number of nitrogens with one attached hydrogen (secondary N) is 2. The van der Waals surface area contributed by atoms with E-state index >= 15 is 0 Å². The number of hydrogen-bond donors (Lipinski definition) is 2. The van der Waals surface area contributed by atoms with Crippen LogP contribution in [0.2, 0.25) is 0 Å². The van der Waals surface area contributed by atoms with Crippen LogP contribution in [0.25, 0.3) is 0 Å². The minimum atomic E-state index is -4.68. The maximum atomic E-state index is 12.8. The van der Waals surface area contributed by atoms with Gasteiger partial charge in [-0.05, 0) is 22.6 Å². The molecule has 0 aliphatic carbocycles. The average molecular weight is 358 g/mol. The number of rotatable bonds is 3. The Labute approximate surface area is 138 Å². The van der Waals surface area contributed by atoms with Gasteiger partial charge in [-0.15, -0.1) is 5.10 Å². The third kappa shape index (κ3) is 3.24. The molecule has 0 aromatic carbocycles. The molecule has 0 saturated carbocycles. The largest absolute Gasteiger partial charge is 0.431 e. The van der Waals surface area contributed by atoms with Gasteiger partial charge in [0.2, 0.25) is 0 Å². The first-order chi connectivity index (χ1) is 11.8. The van der Waals surface area contributed by atoms with Crippen molar-refractivity contribution in [2.24, 2.45) is 0 Å². The normalized spacial score (nSPS) is 17.2. The predicted octanol–water partition coefficient (Wildman–Crippen LogP) is 0.525. The van der Waals surface area contributed by atoms with Gasteiger partial charge in [0.25, 0.3) is 11.5 Å². The van der Waals surface area contributed by atoms with Crippen LogP contribution in [0.1, 0.15) is 18.5 Å². The Bertz CT molecular complexity index is 811. The number of anilines is 1. The Morgan fingerprint density at radius 2 is 2.04 bits per heavy atom. The van der Waals surface area contributed by atoms with Gasteiger partial charge in [0.05, 0.1) is 0 Å². The second-order valence-electron chi connectivity index (χ2n) is 5.47. The number of aromatic nitrogens is 5. The van der Waals surface area contributed by atoms with Gasteiger partial charge in [0, 0.05) is 26.1 Å². The summed E-state index contributed by atoms with van der Waals surface area (Å²) >= 11 is 0. The quantitative estimate of drug-likeness (QED) is 0.827. The molecule has 1 saturated heterocycles. The number of alkyl halides is 3. The molecule has 0 radical (unpaired) electrons. The molecule has 0 unspecified atom stereocenters. The van der Waals surface area contributed by atoms with E-state index in [0.717, 1.165) is 6.07 Å². The molecule has 12 heteroatoms. The highest BCUT2D eigenvalue weighted by molar-refractivity contribution is 5.96. The van der Waals surface area contributed by atoms with Crippen LogP contribution >= 0.6 is 0 Å². The van der Waals surface area contributed by atoms with Crippen LogP contribution in [0.5, 0.6) is 0 Å². The van der Waals surface area contributed by atoms with Gasteiger partial charge in [-0.3, -0.25) is 9.59 Å². The number of H-pyrrole nitrogens is 1. The lowest BCUT2D eigenvalue weighted by Crippen LogP contribution is -2.50. The number of nitrogens with zero attached hydrogens (tertiary/aromatic N) is 4. The van der Waals surface area contributed by atoms with Crippen LogP contribution in [0.4, 0.5) is 18.9 Å². The number of hydrogen-bond acceptors (Lipinski definition) is 6. The summed E-state index contributed by atoms with van der Waals surface area (Å²) in [7, 11) is 0. The fourth-order valence-corrected chi connectivity index (χ4v) is 2.60. The number of amides is 1. The molecule has 25 heavy (non-hydrogen) atoms. The van der Waals surface area contributed by atoms with E-state index in [2.05, 4.69) is 20.8 Å². The molecule has 1 aliphatic heterocycles. The summed E-state index contributed by atoms with van der Waals surface area (Å²) < 4.78 is 44.3. The van der Waals surface area contributed by atoms with Gasteiger partial charge in [-0.1, -0.05) is 0 Å². The summed E-state index contributed by atoms with van der Waals surface area (Å²) in [6.45, 7) is 0.549. The van der Waals surface area contributed by atoms with Gasteiger partial charge < -0.3 is 15.0 Å². The van der Waals surface area contributed by atoms with E-state index < -0.39 is 28.9 Å². The minimum Gasteiger partial charge on any atom is -0.381 e. The first-order valence-corrected chi connectivity index (χ1v) is 7.26. The van der Waals surface area contributed by atoms with Gasteiger partial charge in [0.15, 0.2) is 0 Å². The maximum Gasteiger partial charge on any atom is 0.431 e. The topological polar surface area (TPSA) is 115 Å². The van der Waals surface area contributed by atoms with Crippen molar-refractivity contribution in [1.29, 1.82) is 0 Å². The fourth-order valence-electron chi connectivity index (χ4n) is 2.60. The average Bonchev–Trinajstić information content (AvgIpc) is 3.11. The first kappa shape index (κ1) is 17.1. The molecule has 0 spiro atoms. The predicted molar refractivity (Wildman–Crippen MR) is 76.5 cm³/mol. The number of tetrazole rings is 1. The molecular formula is C13H13F3N6O3. The highest BCUT2D eigenvalue weighted by Gasteiger charge is 2.43. The van der Waals surface area contributed by atoms with Crippen LogP contribution in [0.3, 0.4) is 0 Å². The Kier molecular flexibility index (Phi) is 4.29. The summed E-state index contributed by atoms with van der Waals surface area (Å²) in [6.07, 6.45) is -2.91. The van der Waals surface area contributed by atoms with E-state index in [0.29, 0.717) is 6.07 Å². The number of pyridine rings is 1. The fraction of sp³-hybridized carbons (Fsp3) is 0.462. The second kappa shape index (κ2) is 6.27. The van der Waals surface area contributed by atoms with E-state index in [1.54, 1.807) is 4.98 Å². The summed E-state index contributed by atoms with van der Waals surface area (Å²) in [6, 6.07) is 1.59. The Morgan fingerprint density at radius 1 is 1.32 bits per heavy atom. The standard InChI is InChI=1S/C13H13F3N6O3/c14-13(15,16)9-2-1-8(10(23)19-9)18-11(24)12(3-5-25-6-4-12)22-7-17-20-21-22/h1-2,7H,3-6H2,(H,18,24)(H,19,23). The second-order valence-corrected chi connectivity index (χ2v) is 5.47. The van der Waals surface area contributed by atoms with Crippen LogP contribution in [0, 0.1) is 0 Å². The van der Waals surface area contributed by atoms with Crippen molar-refractivity contribution < 1.29 is 22.7 Å². The molecule has 9 nitrogen and oxygen atoms in total. The van der Waals surface area contributed by atoms with Crippen molar-refractivity contribution in [3.05, 3.63) is 34.5 Å². The lowest BCUT2D eigenvalue weighted by molar-refractivity contribution is -0.141. The number of halogens is 3. The van der Waals surface area contributed by atoms with Crippen LogP contribution in [-0.4, -0.2) is 44.3 Å². The summed E-state index contributed by atoms with van der Waals surface area (Å²) in [5.41, 5.74) is -3.73. The first-order valence-electron chi connectivity index (χ1n) is 7.26. The number of carbonyl (C=O) groups excluding carboxylic acids is 1. The molecule has 2 aromatic rings. The number of carbonyl (C=O) groups is 1. The van der Waals surface area contributed by atoms with E-state index in [1.807, 2.05) is 0 Å². The summed E-state index contributed by atoms with van der Waals surface area (Å²) in [5.74, 6) is -0.603. The minimum absolute atomic E-state index is 0.252. The number of ether oxygens (including phenoxy) is 1. The highest BCUT2D eigenvalue weighted by atomic mass is 19.4. The number of aromatic amines is 1. The Balaban J connectivity index is 1.89. The van der Waals surface area contributed by atoms with E-state index in [1.165, 1.54) is 11.0 Å². The van der Waals surface area contributed by atoms with Crippen molar-refractivity contribution in [2.45, 2.75) is 24.6 Å². The molecule has 1 aliphatic rings. The maximum absolute atomic E-state index is 12.8. The molecule has 2 N–H and O–H groups in total. The zero-order chi connectivity index (χ0) is 18.1. The zero-order valence-electron chi connectivity index (χ0n) is 12.7. The summed E-state index contributed by atoms with van der Waals surface area (Å²) in [5, 5.41) is 13.1. The molecule has 2 aromatic heterocycles. The molecular weight excluding hydrogens is 345 g/mol. The van der Waals surface area contributed by atoms with Gasteiger partial charge >= 0.3 is 6.18 Å². The lowest BCUT2D eigenvalue weighted by atomic mass is 9.89. The third-order valence-electron chi connectivity index (χ3n) is 3.99. The van der Waals surface area contributed by atoms with Crippen LogP contribution in [-0.2, 0) is 21.2 Å². The molecule has 0 bridgehead atoms. The van der Waals surface area contributed by atoms with Crippen molar-refractivity contribution in [3.63, 3.8) is 0 Å². The van der Waals surface area contributed by atoms with Crippen molar-refractivity contribution in [1.82, 2.24) is 25.2 Å². The van der Waals surface area contributed by atoms with Crippen molar-refractivity contribution in [2.75, 3.05) is 18.5 Å². The molecule has 1 fully saturated rings. The molecule has 0 atom stereocenters. The van der Waals surface area contributed by atoms with Gasteiger partial charge in [-0.2, -0.15) is 13.2 Å². The Hall–Kier alpha value is -2.76. The smallest absolute Gasteiger partial charge is 0.381 e. The van der Waals surface area contributed by atoms with Gasteiger partial charge in [0.1, 0.15) is 23.2 Å². The highest BCUT2D eigenvalue weighted by Crippen LogP contribution is 2.30. The van der Waals surface area contributed by atoms with Crippen LogP contribution in [0.15, 0.2) is 23.3 Å². The third-order valence-corrected chi connectivity index (χ3v) is 3.99. The zero-order valence-corrected chi connectivity index (χ0v) is 12.7. The van der Waals surface area contributed by atoms with Crippen LogP contribution < -0.4 is 10.9 Å².